The molecule has 0 atom stereocenters. The molecule has 218 valence electrons. The van der Waals surface area contributed by atoms with Crippen LogP contribution in [-0.2, 0) is 5.41 Å². The van der Waals surface area contributed by atoms with Gasteiger partial charge in [-0.1, -0.05) is 127 Å². The largest absolute Gasteiger partial charge is 0.456 e. The first-order chi connectivity index (χ1) is 22.7. The summed E-state index contributed by atoms with van der Waals surface area (Å²) in [7, 11) is 0. The van der Waals surface area contributed by atoms with Gasteiger partial charge in [0.15, 0.2) is 0 Å². The highest BCUT2D eigenvalue weighted by molar-refractivity contribution is 6.30. The van der Waals surface area contributed by atoms with Crippen LogP contribution < -0.4 is 4.90 Å². The lowest BCUT2D eigenvalue weighted by molar-refractivity contribution is 0.669. The Bertz CT molecular complexity index is 2350. The van der Waals surface area contributed by atoms with Crippen LogP contribution in [0.3, 0.4) is 0 Å². The molecule has 8 aromatic rings. The van der Waals surface area contributed by atoms with Crippen LogP contribution in [0.15, 0.2) is 174 Å². The molecule has 0 saturated carbocycles. The Kier molecular flexibility index (Phi) is 6.12. The van der Waals surface area contributed by atoms with Crippen molar-refractivity contribution >= 4 is 50.6 Å². The van der Waals surface area contributed by atoms with E-state index in [4.69, 9.17) is 16.0 Å². The van der Waals surface area contributed by atoms with Crippen molar-refractivity contribution in [3.8, 4) is 11.1 Å². The van der Waals surface area contributed by atoms with Gasteiger partial charge in [-0.05, 0) is 81.9 Å². The number of anilines is 3. The Balaban J connectivity index is 1.30. The standard InChI is InChI=1S/C43H28ClNO/c44-31-16-11-17-32(26-31)45(34-22-24-37-36-19-8-10-21-41(36)46-42(37)28-34)33-23-25-40-38(27-33)35-18-7-9-20-39(35)43(40,29-12-3-1-4-13-29)30-14-5-2-6-15-30/h1-28H. The van der Waals surface area contributed by atoms with E-state index in [0.717, 1.165) is 39.0 Å². The Labute approximate surface area is 272 Å². The fourth-order valence-corrected chi connectivity index (χ4v) is 7.68. The number of halogens is 1. The van der Waals surface area contributed by atoms with Crippen molar-refractivity contribution in [2.24, 2.45) is 0 Å². The van der Waals surface area contributed by atoms with Crippen LogP contribution in [-0.4, -0.2) is 0 Å². The second-order valence-corrected chi connectivity index (χ2v) is 12.3. The summed E-state index contributed by atoms with van der Waals surface area (Å²) >= 11 is 6.60. The van der Waals surface area contributed by atoms with Crippen LogP contribution in [0.5, 0.6) is 0 Å². The molecule has 0 saturated heterocycles. The Morgan fingerprint density at radius 2 is 1.04 bits per heavy atom. The minimum absolute atomic E-state index is 0.443. The number of hydrogen-bond donors (Lipinski definition) is 0. The Morgan fingerprint density at radius 3 is 1.83 bits per heavy atom. The van der Waals surface area contributed by atoms with Gasteiger partial charge in [0.2, 0.25) is 0 Å². The van der Waals surface area contributed by atoms with Crippen molar-refractivity contribution in [1.82, 2.24) is 0 Å². The molecule has 7 aromatic carbocycles. The molecule has 1 aliphatic rings. The molecule has 0 aliphatic heterocycles. The summed E-state index contributed by atoms with van der Waals surface area (Å²) in [6.07, 6.45) is 0. The molecule has 46 heavy (non-hydrogen) atoms. The van der Waals surface area contributed by atoms with E-state index in [2.05, 4.69) is 144 Å². The van der Waals surface area contributed by atoms with Crippen molar-refractivity contribution in [2.75, 3.05) is 4.90 Å². The van der Waals surface area contributed by atoms with Gasteiger partial charge in [-0.15, -0.1) is 0 Å². The van der Waals surface area contributed by atoms with E-state index in [1.807, 2.05) is 30.3 Å². The second-order valence-electron chi connectivity index (χ2n) is 11.9. The maximum absolute atomic E-state index is 6.60. The molecule has 9 rings (SSSR count). The Hall–Kier alpha value is -5.57. The van der Waals surface area contributed by atoms with E-state index in [1.54, 1.807) is 0 Å². The molecule has 0 amide bonds. The van der Waals surface area contributed by atoms with Gasteiger partial charge in [0, 0.05) is 38.9 Å². The van der Waals surface area contributed by atoms with Crippen molar-refractivity contribution in [2.45, 2.75) is 5.41 Å². The third-order valence-corrected chi connectivity index (χ3v) is 9.62. The van der Waals surface area contributed by atoms with E-state index in [9.17, 15) is 0 Å². The SMILES string of the molecule is Clc1cccc(N(c2ccc3c(c2)-c2ccccc2C3(c2ccccc2)c2ccccc2)c2ccc3c(c2)oc2ccccc23)c1. The van der Waals surface area contributed by atoms with Gasteiger partial charge >= 0.3 is 0 Å². The monoisotopic (exact) mass is 609 g/mol. The number of para-hydroxylation sites is 1. The molecule has 1 aromatic heterocycles. The molecule has 0 spiro atoms. The zero-order valence-corrected chi connectivity index (χ0v) is 25.7. The van der Waals surface area contributed by atoms with Crippen LogP contribution in [0, 0.1) is 0 Å². The number of benzene rings is 7. The highest BCUT2D eigenvalue weighted by Gasteiger charge is 2.46. The van der Waals surface area contributed by atoms with Gasteiger partial charge in [0.1, 0.15) is 11.2 Å². The lowest BCUT2D eigenvalue weighted by atomic mass is 9.68. The van der Waals surface area contributed by atoms with E-state index >= 15 is 0 Å². The minimum Gasteiger partial charge on any atom is -0.456 e. The number of rotatable bonds is 5. The van der Waals surface area contributed by atoms with Crippen molar-refractivity contribution in [3.05, 3.63) is 197 Å². The first-order valence-electron chi connectivity index (χ1n) is 15.5. The van der Waals surface area contributed by atoms with Crippen molar-refractivity contribution in [3.63, 3.8) is 0 Å². The minimum atomic E-state index is -0.443. The normalized spacial score (nSPS) is 13.1. The number of hydrogen-bond acceptors (Lipinski definition) is 2. The molecule has 3 heteroatoms. The quantitative estimate of drug-likeness (QED) is 0.193. The summed E-state index contributed by atoms with van der Waals surface area (Å²) in [5, 5.41) is 2.90. The predicted molar refractivity (Wildman–Crippen MR) is 191 cm³/mol. The fourth-order valence-electron chi connectivity index (χ4n) is 7.49. The van der Waals surface area contributed by atoms with Crippen molar-refractivity contribution in [1.29, 1.82) is 0 Å². The van der Waals surface area contributed by atoms with Crippen molar-refractivity contribution < 1.29 is 4.42 Å². The summed E-state index contributed by atoms with van der Waals surface area (Å²) < 4.78 is 6.33. The fraction of sp³-hybridized carbons (Fsp3) is 0.0233. The molecular weight excluding hydrogens is 582 g/mol. The maximum Gasteiger partial charge on any atom is 0.137 e. The molecule has 0 radical (unpaired) electrons. The molecule has 1 heterocycles. The lowest BCUT2D eigenvalue weighted by Crippen LogP contribution is -2.28. The van der Waals surface area contributed by atoms with Gasteiger partial charge in [-0.2, -0.15) is 0 Å². The third kappa shape index (κ3) is 3.97. The topological polar surface area (TPSA) is 16.4 Å². The van der Waals surface area contributed by atoms with Gasteiger partial charge in [-0.25, -0.2) is 0 Å². The van der Waals surface area contributed by atoms with Gasteiger partial charge in [0.05, 0.1) is 5.41 Å². The third-order valence-electron chi connectivity index (χ3n) is 9.39. The molecule has 1 aliphatic carbocycles. The zero-order valence-electron chi connectivity index (χ0n) is 24.9. The average molecular weight is 610 g/mol. The summed E-state index contributed by atoms with van der Waals surface area (Å²) in [4.78, 5) is 2.27. The molecule has 0 unspecified atom stereocenters. The molecule has 0 N–H and O–H groups in total. The lowest BCUT2D eigenvalue weighted by Gasteiger charge is -2.34. The highest BCUT2D eigenvalue weighted by atomic mass is 35.5. The second kappa shape index (κ2) is 10.5. The molecule has 0 bridgehead atoms. The van der Waals surface area contributed by atoms with Crippen LogP contribution in [0.25, 0.3) is 33.1 Å². The van der Waals surface area contributed by atoms with Crippen LogP contribution in [0.4, 0.5) is 17.1 Å². The zero-order chi connectivity index (χ0) is 30.7. The van der Waals surface area contributed by atoms with Crippen LogP contribution in [0.2, 0.25) is 5.02 Å². The van der Waals surface area contributed by atoms with Gasteiger partial charge < -0.3 is 9.32 Å². The summed E-state index contributed by atoms with van der Waals surface area (Å²) in [6.45, 7) is 0. The van der Waals surface area contributed by atoms with E-state index in [1.165, 1.54) is 33.4 Å². The molecule has 0 fully saturated rings. The number of nitrogens with zero attached hydrogens (tertiary/aromatic N) is 1. The number of furan rings is 1. The van der Waals surface area contributed by atoms with E-state index in [-0.39, 0.29) is 0 Å². The predicted octanol–water partition coefficient (Wildman–Crippen LogP) is 12.1. The smallest absolute Gasteiger partial charge is 0.137 e. The van der Waals surface area contributed by atoms with Gasteiger partial charge in [-0.3, -0.25) is 0 Å². The molecule has 2 nitrogen and oxygen atoms in total. The average Bonchev–Trinajstić information content (AvgIpc) is 3.63. The first-order valence-corrected chi connectivity index (χ1v) is 15.9. The Morgan fingerprint density at radius 1 is 0.435 bits per heavy atom. The summed E-state index contributed by atoms with van der Waals surface area (Å²) in [5.41, 5.74) is 11.8. The van der Waals surface area contributed by atoms with E-state index < -0.39 is 5.41 Å². The molecular formula is C43H28ClNO. The van der Waals surface area contributed by atoms with Gasteiger partial charge in [0.25, 0.3) is 0 Å². The van der Waals surface area contributed by atoms with Crippen LogP contribution >= 0.6 is 11.6 Å². The summed E-state index contributed by atoms with van der Waals surface area (Å²) in [6, 6.07) is 60.2. The number of fused-ring (bicyclic) bond motifs is 6. The van der Waals surface area contributed by atoms with E-state index in [0.29, 0.717) is 5.02 Å². The maximum atomic E-state index is 6.60. The highest BCUT2D eigenvalue weighted by Crippen LogP contribution is 2.57. The van der Waals surface area contributed by atoms with Crippen LogP contribution in [0.1, 0.15) is 22.3 Å². The summed E-state index contributed by atoms with van der Waals surface area (Å²) in [5.74, 6) is 0. The first kappa shape index (κ1) is 26.8.